The third-order valence-electron chi connectivity index (χ3n) is 2.10. The molecule has 1 aromatic heterocycles. The largest absolute Gasteiger partial charge is 0.355 e. The number of nitrogens with one attached hydrogen (secondary N) is 1. The molecule has 0 aliphatic carbocycles. The highest BCUT2D eigenvalue weighted by atomic mass is 16.2. The molecule has 1 rings (SSSR count). The van der Waals surface area contributed by atoms with Crippen molar-refractivity contribution in [2.45, 2.75) is 13.3 Å². The van der Waals surface area contributed by atoms with E-state index in [0.717, 1.165) is 6.42 Å². The molecule has 6 nitrogen and oxygen atoms in total. The van der Waals surface area contributed by atoms with Crippen molar-refractivity contribution in [2.75, 3.05) is 25.0 Å². The molecule has 1 N–H and O–H groups in total. The Morgan fingerprint density at radius 1 is 1.53 bits per heavy atom. The molecule has 0 spiro atoms. The number of aromatic nitrogens is 2. The first kappa shape index (κ1) is 12.9. The molecule has 1 aromatic rings. The Balaban J connectivity index is 2.67. The van der Waals surface area contributed by atoms with Crippen molar-refractivity contribution < 1.29 is 4.79 Å². The Morgan fingerprint density at radius 2 is 2.24 bits per heavy atom. The smallest absolute Gasteiger partial charge is 0.239 e. The molecule has 0 fully saturated rings. The molecule has 0 radical (unpaired) electrons. The fraction of sp³-hybridized carbons (Fsp3) is 0.455. The zero-order chi connectivity index (χ0) is 12.7. The summed E-state index contributed by atoms with van der Waals surface area (Å²) in [6, 6.07) is 1.95. The zero-order valence-electron chi connectivity index (χ0n) is 9.97. The van der Waals surface area contributed by atoms with E-state index in [0.29, 0.717) is 12.4 Å². The first-order valence-corrected chi connectivity index (χ1v) is 5.38. The van der Waals surface area contributed by atoms with E-state index in [4.69, 9.17) is 5.26 Å². The summed E-state index contributed by atoms with van der Waals surface area (Å²) in [4.78, 5) is 21.0. The van der Waals surface area contributed by atoms with Gasteiger partial charge in [0.2, 0.25) is 5.91 Å². The minimum Gasteiger partial charge on any atom is -0.355 e. The molecular weight excluding hydrogens is 218 g/mol. The van der Waals surface area contributed by atoms with Crippen LogP contribution in [0.3, 0.4) is 0 Å². The van der Waals surface area contributed by atoms with Gasteiger partial charge in [-0.3, -0.25) is 4.79 Å². The predicted molar refractivity (Wildman–Crippen MR) is 63.3 cm³/mol. The fourth-order valence-corrected chi connectivity index (χ4v) is 1.30. The first-order valence-electron chi connectivity index (χ1n) is 5.38. The zero-order valence-corrected chi connectivity index (χ0v) is 9.97. The molecule has 17 heavy (non-hydrogen) atoms. The predicted octanol–water partition coefficient (Wildman–Crippen LogP) is 0.311. The van der Waals surface area contributed by atoms with Crippen molar-refractivity contribution in [1.82, 2.24) is 15.3 Å². The normalized spacial score (nSPS) is 9.47. The summed E-state index contributed by atoms with van der Waals surface area (Å²) in [6.07, 6.45) is 3.84. The number of carbonyl (C=O) groups excluding carboxylic acids is 1. The van der Waals surface area contributed by atoms with E-state index in [2.05, 4.69) is 15.3 Å². The topological polar surface area (TPSA) is 81.9 Å². The van der Waals surface area contributed by atoms with Gasteiger partial charge in [0, 0.05) is 26.0 Å². The van der Waals surface area contributed by atoms with Gasteiger partial charge in [-0.15, -0.1) is 0 Å². The summed E-state index contributed by atoms with van der Waals surface area (Å²) in [6.45, 7) is 2.80. The summed E-state index contributed by atoms with van der Waals surface area (Å²) in [7, 11) is 1.70. The molecular formula is C11H15N5O. The molecule has 90 valence electrons. The van der Waals surface area contributed by atoms with Crippen molar-refractivity contribution in [3.63, 3.8) is 0 Å². The molecule has 0 saturated heterocycles. The summed E-state index contributed by atoms with van der Waals surface area (Å²) >= 11 is 0. The summed E-state index contributed by atoms with van der Waals surface area (Å²) in [5.74, 6) is 0.325. The van der Waals surface area contributed by atoms with Crippen LogP contribution in [0, 0.1) is 11.3 Å². The second kappa shape index (κ2) is 6.43. The molecule has 1 amide bonds. The van der Waals surface area contributed by atoms with Gasteiger partial charge in [-0.1, -0.05) is 6.92 Å². The summed E-state index contributed by atoms with van der Waals surface area (Å²) < 4.78 is 0. The van der Waals surface area contributed by atoms with Gasteiger partial charge >= 0.3 is 0 Å². The Kier molecular flexibility index (Phi) is 4.88. The Bertz CT molecular complexity index is 426. The lowest BCUT2D eigenvalue weighted by Gasteiger charge is -2.17. The van der Waals surface area contributed by atoms with Gasteiger partial charge in [0.15, 0.2) is 11.5 Å². The van der Waals surface area contributed by atoms with Crippen LogP contribution < -0.4 is 10.2 Å². The quantitative estimate of drug-likeness (QED) is 0.791. The van der Waals surface area contributed by atoms with Crippen LogP contribution in [-0.4, -0.2) is 36.0 Å². The second-order valence-corrected chi connectivity index (χ2v) is 3.55. The number of anilines is 1. The maximum absolute atomic E-state index is 11.5. The minimum atomic E-state index is -0.0936. The molecule has 0 saturated carbocycles. The fourth-order valence-electron chi connectivity index (χ4n) is 1.30. The Labute approximate surface area is 100 Å². The van der Waals surface area contributed by atoms with Gasteiger partial charge in [-0.2, -0.15) is 5.26 Å². The van der Waals surface area contributed by atoms with E-state index in [1.165, 1.54) is 12.4 Å². The average molecular weight is 233 g/mol. The first-order chi connectivity index (χ1) is 8.19. The van der Waals surface area contributed by atoms with Crippen LogP contribution in [0.4, 0.5) is 5.82 Å². The summed E-state index contributed by atoms with van der Waals surface area (Å²) in [5.41, 5.74) is 0.221. The van der Waals surface area contributed by atoms with Crippen LogP contribution in [0.2, 0.25) is 0 Å². The lowest BCUT2D eigenvalue weighted by atomic mass is 10.4. The van der Waals surface area contributed by atoms with Crippen molar-refractivity contribution in [1.29, 1.82) is 5.26 Å². The van der Waals surface area contributed by atoms with Gasteiger partial charge in [-0.25, -0.2) is 9.97 Å². The van der Waals surface area contributed by atoms with Crippen molar-refractivity contribution >= 4 is 11.7 Å². The van der Waals surface area contributed by atoms with E-state index < -0.39 is 0 Å². The molecule has 0 aromatic carbocycles. The standard InChI is InChI=1S/C11H15N5O/c1-3-4-14-10(17)8-16(2)11-9(7-12)13-5-6-15-11/h5-6H,3-4,8H2,1-2H3,(H,14,17). The Morgan fingerprint density at radius 3 is 2.88 bits per heavy atom. The van der Waals surface area contributed by atoms with Crippen LogP contribution in [-0.2, 0) is 4.79 Å². The maximum Gasteiger partial charge on any atom is 0.239 e. The number of amides is 1. The van der Waals surface area contributed by atoms with E-state index in [9.17, 15) is 4.79 Å². The number of nitriles is 1. The van der Waals surface area contributed by atoms with Crippen molar-refractivity contribution in [2.24, 2.45) is 0 Å². The lowest BCUT2D eigenvalue weighted by molar-refractivity contribution is -0.119. The highest BCUT2D eigenvalue weighted by molar-refractivity contribution is 5.81. The molecule has 0 unspecified atom stereocenters. The molecule has 1 heterocycles. The second-order valence-electron chi connectivity index (χ2n) is 3.55. The van der Waals surface area contributed by atoms with Crippen molar-refractivity contribution in [3.8, 4) is 6.07 Å². The van der Waals surface area contributed by atoms with Crippen LogP contribution in [0.5, 0.6) is 0 Å². The number of rotatable bonds is 5. The molecule has 0 aliphatic rings. The number of nitrogens with zero attached hydrogens (tertiary/aromatic N) is 4. The van der Waals surface area contributed by atoms with Gasteiger partial charge in [-0.05, 0) is 6.42 Å². The minimum absolute atomic E-state index is 0.0936. The SMILES string of the molecule is CCCNC(=O)CN(C)c1nccnc1C#N. The number of carbonyl (C=O) groups is 1. The lowest BCUT2D eigenvalue weighted by Crippen LogP contribution is -2.36. The van der Waals surface area contributed by atoms with Crippen LogP contribution >= 0.6 is 0 Å². The Hall–Kier alpha value is -2.16. The molecule has 6 heteroatoms. The van der Waals surface area contributed by atoms with E-state index in [-0.39, 0.29) is 18.1 Å². The van der Waals surface area contributed by atoms with Crippen LogP contribution in [0.25, 0.3) is 0 Å². The highest BCUT2D eigenvalue weighted by Gasteiger charge is 2.12. The highest BCUT2D eigenvalue weighted by Crippen LogP contribution is 2.10. The van der Waals surface area contributed by atoms with Gasteiger partial charge in [0.1, 0.15) is 6.07 Å². The number of hydrogen-bond donors (Lipinski definition) is 1. The van der Waals surface area contributed by atoms with Crippen LogP contribution in [0.15, 0.2) is 12.4 Å². The van der Waals surface area contributed by atoms with Crippen molar-refractivity contribution in [3.05, 3.63) is 18.1 Å². The number of hydrogen-bond acceptors (Lipinski definition) is 5. The molecule has 0 atom stereocenters. The average Bonchev–Trinajstić information content (AvgIpc) is 2.36. The van der Waals surface area contributed by atoms with E-state index in [1.807, 2.05) is 13.0 Å². The molecule has 0 bridgehead atoms. The molecule has 0 aliphatic heterocycles. The number of likely N-dealkylation sites (N-methyl/N-ethyl adjacent to an activating group) is 1. The third kappa shape index (κ3) is 3.72. The van der Waals surface area contributed by atoms with Crippen LogP contribution in [0.1, 0.15) is 19.0 Å². The third-order valence-corrected chi connectivity index (χ3v) is 2.10. The van der Waals surface area contributed by atoms with E-state index in [1.54, 1.807) is 11.9 Å². The maximum atomic E-state index is 11.5. The van der Waals surface area contributed by atoms with E-state index >= 15 is 0 Å². The van der Waals surface area contributed by atoms with Gasteiger partial charge in [0.25, 0.3) is 0 Å². The van der Waals surface area contributed by atoms with Gasteiger partial charge < -0.3 is 10.2 Å². The summed E-state index contributed by atoms with van der Waals surface area (Å²) in [5, 5.41) is 11.6. The monoisotopic (exact) mass is 233 g/mol. The van der Waals surface area contributed by atoms with Gasteiger partial charge in [0.05, 0.1) is 6.54 Å².